The van der Waals surface area contributed by atoms with Crippen molar-refractivity contribution in [3.05, 3.63) is 29.8 Å². The second-order valence-electron chi connectivity index (χ2n) is 6.10. The molecule has 0 bridgehead atoms. The van der Waals surface area contributed by atoms with Crippen molar-refractivity contribution in [1.82, 2.24) is 0 Å². The Balaban J connectivity index is 0.000000388. The number of primary amides is 1. The molecule has 0 aliphatic heterocycles. The lowest BCUT2D eigenvalue weighted by Gasteiger charge is -2.16. The minimum atomic E-state index is -0.725. The Morgan fingerprint density at radius 3 is 2.00 bits per heavy atom. The summed E-state index contributed by atoms with van der Waals surface area (Å²) in [5.41, 5.74) is 5.55. The molecule has 4 nitrogen and oxygen atoms in total. The number of ether oxygens (including phenoxy) is 2. The molecule has 1 aliphatic carbocycles. The molecule has 2 N–H and O–H groups in total. The van der Waals surface area contributed by atoms with E-state index in [9.17, 15) is 4.79 Å². The molecule has 0 unspecified atom stereocenters. The van der Waals surface area contributed by atoms with Crippen molar-refractivity contribution in [1.29, 1.82) is 0 Å². The normalized spacial score (nSPS) is 13.0. The van der Waals surface area contributed by atoms with E-state index in [0.717, 1.165) is 18.3 Å². The Labute approximate surface area is 135 Å². The summed E-state index contributed by atoms with van der Waals surface area (Å²) in [6.45, 7) is 12.3. The van der Waals surface area contributed by atoms with Gasteiger partial charge in [0.05, 0.1) is 6.61 Å². The van der Waals surface area contributed by atoms with Crippen molar-refractivity contribution in [2.75, 3.05) is 6.61 Å². The number of hydrogen-bond acceptors (Lipinski definition) is 3. The number of carbonyl (C=O) groups excluding carboxylic acids is 1. The molecular weight excluding hydrogens is 278 g/mol. The predicted octanol–water partition coefficient (Wildman–Crippen LogP) is 4.69. The highest BCUT2D eigenvalue weighted by atomic mass is 16.6. The van der Waals surface area contributed by atoms with E-state index in [-0.39, 0.29) is 0 Å². The van der Waals surface area contributed by atoms with Gasteiger partial charge in [-0.25, -0.2) is 4.79 Å². The first-order chi connectivity index (χ1) is 10.3. The van der Waals surface area contributed by atoms with Crippen LogP contribution in [0.2, 0.25) is 0 Å². The predicted molar refractivity (Wildman–Crippen MR) is 91.2 cm³/mol. The van der Waals surface area contributed by atoms with E-state index in [1.165, 1.54) is 18.4 Å². The van der Waals surface area contributed by atoms with Gasteiger partial charge >= 0.3 is 6.09 Å². The van der Waals surface area contributed by atoms with Crippen molar-refractivity contribution in [3.8, 4) is 5.75 Å². The number of aryl methyl sites for hydroxylation is 1. The Morgan fingerprint density at radius 1 is 1.18 bits per heavy atom. The SMILES string of the molecule is CC.CC(C)(C)OC(N)=O.Cc1ccc(OCC2CC2)cc1. The van der Waals surface area contributed by atoms with Gasteiger partial charge < -0.3 is 15.2 Å². The number of nitrogens with two attached hydrogens (primary N) is 1. The zero-order valence-electron chi connectivity index (χ0n) is 14.8. The van der Waals surface area contributed by atoms with Crippen LogP contribution in [0.3, 0.4) is 0 Å². The zero-order valence-corrected chi connectivity index (χ0v) is 14.8. The molecule has 126 valence electrons. The summed E-state index contributed by atoms with van der Waals surface area (Å²) < 4.78 is 10.2. The maximum Gasteiger partial charge on any atom is 0.405 e. The molecule has 0 saturated heterocycles. The maximum absolute atomic E-state index is 10.0. The van der Waals surface area contributed by atoms with Crippen LogP contribution in [0.15, 0.2) is 24.3 Å². The summed E-state index contributed by atoms with van der Waals surface area (Å²) in [6, 6.07) is 8.25. The lowest BCUT2D eigenvalue weighted by atomic mass is 10.2. The van der Waals surface area contributed by atoms with Gasteiger partial charge in [0.25, 0.3) is 0 Å². The lowest BCUT2D eigenvalue weighted by molar-refractivity contribution is 0.0600. The van der Waals surface area contributed by atoms with Gasteiger partial charge in [0.1, 0.15) is 11.4 Å². The number of rotatable bonds is 3. The van der Waals surface area contributed by atoms with Gasteiger partial charge in [0, 0.05) is 0 Å². The average molecular weight is 309 g/mol. The van der Waals surface area contributed by atoms with Crippen molar-refractivity contribution in [3.63, 3.8) is 0 Å². The molecular formula is C18H31NO3. The van der Waals surface area contributed by atoms with E-state index < -0.39 is 11.7 Å². The first kappa shape index (κ1) is 20.3. The first-order valence-electron chi connectivity index (χ1n) is 7.94. The molecule has 1 saturated carbocycles. The molecule has 4 heteroatoms. The molecule has 1 aliphatic rings. The quantitative estimate of drug-likeness (QED) is 0.881. The molecule has 2 rings (SSSR count). The molecule has 1 aromatic carbocycles. The van der Waals surface area contributed by atoms with Crippen LogP contribution >= 0.6 is 0 Å². The highest BCUT2D eigenvalue weighted by Gasteiger charge is 2.21. The highest BCUT2D eigenvalue weighted by Crippen LogP contribution is 2.29. The van der Waals surface area contributed by atoms with E-state index in [2.05, 4.69) is 23.8 Å². The summed E-state index contributed by atoms with van der Waals surface area (Å²) in [7, 11) is 0. The summed E-state index contributed by atoms with van der Waals surface area (Å²) in [5.74, 6) is 1.85. The molecule has 0 atom stereocenters. The Kier molecular flexibility index (Phi) is 9.31. The van der Waals surface area contributed by atoms with Crippen LogP contribution in [-0.2, 0) is 4.74 Å². The largest absolute Gasteiger partial charge is 0.493 e. The fourth-order valence-electron chi connectivity index (χ4n) is 1.43. The monoisotopic (exact) mass is 309 g/mol. The molecule has 1 fully saturated rings. The van der Waals surface area contributed by atoms with Gasteiger partial charge in [-0.2, -0.15) is 0 Å². The van der Waals surface area contributed by atoms with E-state index >= 15 is 0 Å². The van der Waals surface area contributed by atoms with Gasteiger partial charge in [0.15, 0.2) is 0 Å². The highest BCUT2D eigenvalue weighted by molar-refractivity contribution is 5.65. The smallest absolute Gasteiger partial charge is 0.405 e. The molecule has 0 heterocycles. The Hall–Kier alpha value is -1.71. The molecule has 0 spiro atoms. The van der Waals surface area contributed by atoms with Crippen molar-refractivity contribution in [2.24, 2.45) is 11.7 Å². The van der Waals surface area contributed by atoms with Gasteiger partial charge in [-0.15, -0.1) is 0 Å². The zero-order chi connectivity index (χ0) is 17.2. The van der Waals surface area contributed by atoms with E-state index in [0.29, 0.717) is 0 Å². The molecule has 22 heavy (non-hydrogen) atoms. The van der Waals surface area contributed by atoms with Crippen LogP contribution in [0.1, 0.15) is 53.0 Å². The van der Waals surface area contributed by atoms with Crippen LogP contribution in [0.5, 0.6) is 5.75 Å². The summed E-state index contributed by atoms with van der Waals surface area (Å²) >= 11 is 0. The molecule has 0 radical (unpaired) electrons. The van der Waals surface area contributed by atoms with Crippen molar-refractivity contribution >= 4 is 6.09 Å². The third-order valence-corrected chi connectivity index (χ3v) is 2.61. The number of carbonyl (C=O) groups is 1. The second-order valence-corrected chi connectivity index (χ2v) is 6.10. The average Bonchev–Trinajstić information content (AvgIpc) is 3.22. The third kappa shape index (κ3) is 12.1. The van der Waals surface area contributed by atoms with Gasteiger partial charge in [-0.3, -0.25) is 0 Å². The topological polar surface area (TPSA) is 61.5 Å². The van der Waals surface area contributed by atoms with Crippen LogP contribution in [0.4, 0.5) is 4.79 Å². The third-order valence-electron chi connectivity index (χ3n) is 2.61. The fourth-order valence-corrected chi connectivity index (χ4v) is 1.43. The summed E-state index contributed by atoms with van der Waals surface area (Å²) in [5, 5.41) is 0. The minimum absolute atomic E-state index is 0.453. The Bertz CT molecular complexity index is 417. The van der Waals surface area contributed by atoms with Crippen molar-refractivity contribution < 1.29 is 14.3 Å². The Morgan fingerprint density at radius 2 is 1.68 bits per heavy atom. The summed E-state index contributed by atoms with van der Waals surface area (Å²) in [4.78, 5) is 10.0. The molecule has 0 aromatic heterocycles. The van der Waals surface area contributed by atoms with Gasteiger partial charge in [0.2, 0.25) is 0 Å². The van der Waals surface area contributed by atoms with E-state index in [1.807, 2.05) is 26.0 Å². The number of amides is 1. The van der Waals surface area contributed by atoms with Crippen LogP contribution in [0, 0.1) is 12.8 Å². The van der Waals surface area contributed by atoms with Crippen molar-refractivity contribution in [2.45, 2.75) is 60.0 Å². The number of hydrogen-bond donors (Lipinski definition) is 1. The van der Waals surface area contributed by atoms with Gasteiger partial charge in [-0.1, -0.05) is 31.5 Å². The number of benzene rings is 1. The first-order valence-corrected chi connectivity index (χ1v) is 7.94. The van der Waals surface area contributed by atoms with Crippen LogP contribution in [0.25, 0.3) is 0 Å². The van der Waals surface area contributed by atoms with E-state index in [4.69, 9.17) is 10.5 Å². The molecule has 1 aromatic rings. The molecule has 1 amide bonds. The summed E-state index contributed by atoms with van der Waals surface area (Å²) in [6.07, 6.45) is 1.98. The minimum Gasteiger partial charge on any atom is -0.493 e. The second kappa shape index (κ2) is 10.1. The van der Waals surface area contributed by atoms with Gasteiger partial charge in [-0.05, 0) is 58.6 Å². The van der Waals surface area contributed by atoms with Crippen LogP contribution in [-0.4, -0.2) is 18.3 Å². The lowest BCUT2D eigenvalue weighted by Crippen LogP contribution is -2.27. The van der Waals surface area contributed by atoms with Crippen LogP contribution < -0.4 is 10.5 Å². The van der Waals surface area contributed by atoms with E-state index in [1.54, 1.807) is 20.8 Å². The standard InChI is InChI=1S/C11H14O.C5H11NO2.C2H6/c1-9-2-6-11(7-3-9)12-8-10-4-5-10;1-5(2,3)8-4(6)7;1-2/h2-3,6-7,10H,4-5,8H2,1H3;1-3H3,(H2,6,7);1-2H3. The fraction of sp³-hybridized carbons (Fsp3) is 0.611. The maximum atomic E-state index is 10.0.